The number of pyridine rings is 1. The van der Waals surface area contributed by atoms with E-state index in [9.17, 15) is 0 Å². The molecule has 1 atom stereocenters. The molecular formula is C15H17BrN2. The molecule has 0 radical (unpaired) electrons. The first-order valence-corrected chi connectivity index (χ1v) is 6.82. The standard InChI is InChI=1S/C15H17BrN2/c1-11-5-6-14(16)13(8-11)15(17-2)9-12-4-3-7-18-10-12/h3-8,10,15,17H,9H2,1-2H3. The van der Waals surface area contributed by atoms with Gasteiger partial charge < -0.3 is 5.32 Å². The van der Waals surface area contributed by atoms with E-state index in [-0.39, 0.29) is 0 Å². The van der Waals surface area contributed by atoms with Crippen LogP contribution in [-0.4, -0.2) is 12.0 Å². The van der Waals surface area contributed by atoms with Crippen LogP contribution in [0.4, 0.5) is 0 Å². The molecule has 0 spiro atoms. The molecule has 2 aromatic rings. The molecule has 2 nitrogen and oxygen atoms in total. The van der Waals surface area contributed by atoms with E-state index in [2.05, 4.69) is 57.4 Å². The fourth-order valence-electron chi connectivity index (χ4n) is 2.05. The maximum atomic E-state index is 4.17. The van der Waals surface area contributed by atoms with Crippen molar-refractivity contribution in [3.63, 3.8) is 0 Å². The van der Waals surface area contributed by atoms with Crippen molar-refractivity contribution in [3.8, 4) is 0 Å². The van der Waals surface area contributed by atoms with E-state index in [4.69, 9.17) is 0 Å². The zero-order chi connectivity index (χ0) is 13.0. The molecule has 0 fully saturated rings. The molecule has 0 aliphatic carbocycles. The Bertz CT molecular complexity index is 511. The number of benzene rings is 1. The quantitative estimate of drug-likeness (QED) is 0.932. The molecule has 0 aliphatic rings. The number of aryl methyl sites for hydroxylation is 1. The van der Waals surface area contributed by atoms with Crippen LogP contribution in [0.5, 0.6) is 0 Å². The van der Waals surface area contributed by atoms with E-state index in [0.29, 0.717) is 6.04 Å². The van der Waals surface area contributed by atoms with Crippen LogP contribution in [0.3, 0.4) is 0 Å². The van der Waals surface area contributed by atoms with Gasteiger partial charge in [0.15, 0.2) is 0 Å². The first-order chi connectivity index (χ1) is 8.70. The number of rotatable bonds is 4. The zero-order valence-electron chi connectivity index (χ0n) is 10.7. The third-order valence-electron chi connectivity index (χ3n) is 3.04. The Morgan fingerprint density at radius 3 is 2.83 bits per heavy atom. The maximum absolute atomic E-state index is 4.17. The highest BCUT2D eigenvalue weighted by Crippen LogP contribution is 2.26. The summed E-state index contributed by atoms with van der Waals surface area (Å²) in [5, 5.41) is 3.38. The normalized spacial score (nSPS) is 12.4. The highest BCUT2D eigenvalue weighted by molar-refractivity contribution is 9.10. The van der Waals surface area contributed by atoms with Crippen LogP contribution in [-0.2, 0) is 6.42 Å². The first kappa shape index (κ1) is 13.2. The first-order valence-electron chi connectivity index (χ1n) is 6.03. The smallest absolute Gasteiger partial charge is 0.0370 e. The third kappa shape index (κ3) is 3.18. The molecule has 18 heavy (non-hydrogen) atoms. The van der Waals surface area contributed by atoms with Crippen molar-refractivity contribution in [1.82, 2.24) is 10.3 Å². The number of hydrogen-bond acceptors (Lipinski definition) is 2. The van der Waals surface area contributed by atoms with Gasteiger partial charge in [-0.3, -0.25) is 4.98 Å². The predicted octanol–water partition coefficient (Wildman–Crippen LogP) is 3.66. The Morgan fingerprint density at radius 1 is 1.33 bits per heavy atom. The number of nitrogens with one attached hydrogen (secondary N) is 1. The Morgan fingerprint density at radius 2 is 2.17 bits per heavy atom. The molecule has 2 rings (SSSR count). The van der Waals surface area contributed by atoms with Gasteiger partial charge >= 0.3 is 0 Å². The van der Waals surface area contributed by atoms with Crippen LogP contribution in [0.15, 0.2) is 47.2 Å². The molecule has 0 saturated heterocycles. The minimum atomic E-state index is 0.295. The number of halogens is 1. The highest BCUT2D eigenvalue weighted by atomic mass is 79.9. The molecule has 1 unspecified atom stereocenters. The number of nitrogens with zero attached hydrogens (tertiary/aromatic N) is 1. The summed E-state index contributed by atoms with van der Waals surface area (Å²) in [5.41, 5.74) is 3.81. The van der Waals surface area contributed by atoms with Crippen molar-refractivity contribution >= 4 is 15.9 Å². The minimum absolute atomic E-state index is 0.295. The van der Waals surface area contributed by atoms with Gasteiger partial charge in [-0.25, -0.2) is 0 Å². The Kier molecular flexibility index (Phi) is 4.50. The van der Waals surface area contributed by atoms with E-state index in [1.165, 1.54) is 16.7 Å². The van der Waals surface area contributed by atoms with Crippen molar-refractivity contribution < 1.29 is 0 Å². The molecule has 0 bridgehead atoms. The molecule has 3 heteroatoms. The van der Waals surface area contributed by atoms with Crippen LogP contribution in [0, 0.1) is 6.92 Å². The highest BCUT2D eigenvalue weighted by Gasteiger charge is 2.13. The number of hydrogen-bond donors (Lipinski definition) is 1. The second-order valence-electron chi connectivity index (χ2n) is 4.43. The van der Waals surface area contributed by atoms with E-state index < -0.39 is 0 Å². The summed E-state index contributed by atoms with van der Waals surface area (Å²) in [6.45, 7) is 2.12. The lowest BCUT2D eigenvalue weighted by atomic mass is 9.98. The molecule has 0 aliphatic heterocycles. The molecule has 0 saturated carbocycles. The predicted molar refractivity (Wildman–Crippen MR) is 78.6 cm³/mol. The summed E-state index contributed by atoms with van der Waals surface area (Å²) in [6, 6.07) is 10.8. The lowest BCUT2D eigenvalue weighted by molar-refractivity contribution is 0.588. The Hall–Kier alpha value is -1.19. The van der Waals surface area contributed by atoms with Gasteiger partial charge in [0, 0.05) is 22.9 Å². The average molecular weight is 305 g/mol. The van der Waals surface area contributed by atoms with Gasteiger partial charge in [-0.15, -0.1) is 0 Å². The van der Waals surface area contributed by atoms with Crippen molar-refractivity contribution in [3.05, 3.63) is 63.9 Å². The van der Waals surface area contributed by atoms with E-state index in [0.717, 1.165) is 10.9 Å². The monoisotopic (exact) mass is 304 g/mol. The molecule has 1 N–H and O–H groups in total. The van der Waals surface area contributed by atoms with Crippen molar-refractivity contribution in [2.75, 3.05) is 7.05 Å². The largest absolute Gasteiger partial charge is 0.313 e. The topological polar surface area (TPSA) is 24.9 Å². The van der Waals surface area contributed by atoms with Gasteiger partial charge in [-0.05, 0) is 43.7 Å². The molecule has 1 heterocycles. The summed E-state index contributed by atoms with van der Waals surface area (Å²) >= 11 is 3.63. The van der Waals surface area contributed by atoms with Gasteiger partial charge in [-0.2, -0.15) is 0 Å². The Labute approximate surface area is 117 Å². The SMILES string of the molecule is CNC(Cc1cccnc1)c1cc(C)ccc1Br. The molecule has 1 aromatic carbocycles. The maximum Gasteiger partial charge on any atom is 0.0370 e. The van der Waals surface area contributed by atoms with Crippen LogP contribution in [0.1, 0.15) is 22.7 Å². The minimum Gasteiger partial charge on any atom is -0.313 e. The van der Waals surface area contributed by atoms with Gasteiger partial charge in [0.05, 0.1) is 0 Å². The van der Waals surface area contributed by atoms with Gasteiger partial charge in [-0.1, -0.05) is 39.7 Å². The van der Waals surface area contributed by atoms with Crippen molar-refractivity contribution in [2.45, 2.75) is 19.4 Å². The number of likely N-dealkylation sites (N-methyl/N-ethyl adjacent to an activating group) is 1. The van der Waals surface area contributed by atoms with Gasteiger partial charge in [0.2, 0.25) is 0 Å². The zero-order valence-corrected chi connectivity index (χ0v) is 12.2. The lowest BCUT2D eigenvalue weighted by Crippen LogP contribution is -2.19. The third-order valence-corrected chi connectivity index (χ3v) is 3.76. The van der Waals surface area contributed by atoms with Crippen LogP contribution in [0.2, 0.25) is 0 Å². The van der Waals surface area contributed by atoms with E-state index in [1.807, 2.05) is 19.3 Å². The molecule has 0 amide bonds. The van der Waals surface area contributed by atoms with E-state index in [1.54, 1.807) is 6.20 Å². The Balaban J connectivity index is 2.26. The number of aromatic nitrogens is 1. The van der Waals surface area contributed by atoms with E-state index >= 15 is 0 Å². The molecular weight excluding hydrogens is 288 g/mol. The summed E-state index contributed by atoms with van der Waals surface area (Å²) in [4.78, 5) is 4.17. The fourth-order valence-corrected chi connectivity index (χ4v) is 2.58. The molecule has 94 valence electrons. The summed E-state index contributed by atoms with van der Waals surface area (Å²) in [5.74, 6) is 0. The van der Waals surface area contributed by atoms with Crippen LogP contribution >= 0.6 is 15.9 Å². The summed E-state index contributed by atoms with van der Waals surface area (Å²) < 4.78 is 1.15. The van der Waals surface area contributed by atoms with Gasteiger partial charge in [0.1, 0.15) is 0 Å². The summed E-state index contributed by atoms with van der Waals surface area (Å²) in [7, 11) is 2.00. The van der Waals surface area contributed by atoms with Crippen LogP contribution in [0.25, 0.3) is 0 Å². The summed E-state index contributed by atoms with van der Waals surface area (Å²) in [6.07, 6.45) is 4.67. The van der Waals surface area contributed by atoms with Gasteiger partial charge in [0.25, 0.3) is 0 Å². The fraction of sp³-hybridized carbons (Fsp3) is 0.267. The van der Waals surface area contributed by atoms with Crippen molar-refractivity contribution in [2.24, 2.45) is 0 Å². The van der Waals surface area contributed by atoms with Crippen LogP contribution < -0.4 is 5.32 Å². The second kappa shape index (κ2) is 6.12. The lowest BCUT2D eigenvalue weighted by Gasteiger charge is -2.18. The molecule has 1 aromatic heterocycles. The second-order valence-corrected chi connectivity index (χ2v) is 5.29. The van der Waals surface area contributed by atoms with Crippen molar-refractivity contribution in [1.29, 1.82) is 0 Å². The average Bonchev–Trinajstić information content (AvgIpc) is 2.40.